The Kier molecular flexibility index (Phi) is 5.18. The van der Waals surface area contributed by atoms with Gasteiger partial charge in [0.2, 0.25) is 5.78 Å². The number of esters is 1. The smallest absolute Gasteiger partial charge is 0.315 e. The second-order valence-electron chi connectivity index (χ2n) is 6.52. The third kappa shape index (κ3) is 3.93. The number of rotatable bonds is 5. The van der Waals surface area contributed by atoms with Crippen LogP contribution >= 0.6 is 11.3 Å². The largest absolute Gasteiger partial charge is 0.497 e. The molecule has 0 unspecified atom stereocenters. The summed E-state index contributed by atoms with van der Waals surface area (Å²) in [5.74, 6) is 1.25. The van der Waals surface area contributed by atoms with Crippen molar-refractivity contribution in [3.05, 3.63) is 81.2 Å². The minimum atomic E-state index is -0.392. The number of ketones is 1. The number of thiophene rings is 1. The molecule has 0 bridgehead atoms. The average molecular weight is 406 g/mol. The Bertz CT molecular complexity index is 1100. The number of hydrogen-bond donors (Lipinski definition) is 0. The van der Waals surface area contributed by atoms with E-state index in [-0.39, 0.29) is 18.0 Å². The molecule has 146 valence electrons. The van der Waals surface area contributed by atoms with Gasteiger partial charge in [0.05, 0.1) is 19.1 Å². The Morgan fingerprint density at radius 2 is 1.93 bits per heavy atom. The van der Waals surface area contributed by atoms with Crippen molar-refractivity contribution in [1.29, 1.82) is 0 Å². The van der Waals surface area contributed by atoms with Crippen LogP contribution < -0.4 is 14.2 Å². The first-order valence-corrected chi connectivity index (χ1v) is 9.88. The zero-order chi connectivity index (χ0) is 20.4. The van der Waals surface area contributed by atoms with Crippen LogP contribution in [-0.2, 0) is 11.2 Å². The highest BCUT2D eigenvalue weighted by Crippen LogP contribution is 2.39. The second-order valence-corrected chi connectivity index (χ2v) is 7.50. The first-order chi connectivity index (χ1) is 14.0. The first-order valence-electron chi connectivity index (χ1n) is 9.00. The summed E-state index contributed by atoms with van der Waals surface area (Å²) in [5.41, 5.74) is 1.91. The number of methoxy groups -OCH3 is 1. The molecule has 0 radical (unpaired) electrons. The molecular formula is C23H18O5S. The third-order valence-electron chi connectivity index (χ3n) is 4.58. The van der Waals surface area contributed by atoms with Gasteiger partial charge in [0, 0.05) is 16.5 Å². The lowest BCUT2D eigenvalue weighted by molar-refractivity contribution is -0.133. The van der Waals surface area contributed by atoms with Crippen LogP contribution in [0.25, 0.3) is 6.08 Å². The Balaban J connectivity index is 1.51. The summed E-state index contributed by atoms with van der Waals surface area (Å²) < 4.78 is 16.4. The van der Waals surface area contributed by atoms with Crippen molar-refractivity contribution in [2.75, 3.05) is 7.11 Å². The normalized spacial score (nSPS) is 13.9. The predicted molar refractivity (Wildman–Crippen MR) is 111 cm³/mol. The quantitative estimate of drug-likeness (QED) is 0.345. The lowest BCUT2D eigenvalue weighted by Gasteiger charge is -2.10. The SMILES string of the molecule is COc1ccc(CC(=O)Oc2ccc3c(c2C)O/C(=C\c2cccs2)C3=O)cc1. The highest BCUT2D eigenvalue weighted by atomic mass is 32.1. The predicted octanol–water partition coefficient (Wildman–Crippen LogP) is 4.83. The van der Waals surface area contributed by atoms with Crippen molar-refractivity contribution in [3.8, 4) is 17.2 Å². The molecule has 0 spiro atoms. The number of carbonyl (C=O) groups is 2. The summed E-state index contributed by atoms with van der Waals surface area (Å²) in [5, 5.41) is 1.94. The fraction of sp³-hybridized carbons (Fsp3) is 0.130. The molecule has 1 aromatic heterocycles. The van der Waals surface area contributed by atoms with Crippen LogP contribution in [0.5, 0.6) is 17.2 Å². The third-order valence-corrected chi connectivity index (χ3v) is 5.40. The topological polar surface area (TPSA) is 61.8 Å². The standard InChI is InChI=1S/C23H18O5S/c1-14-19(27-21(24)12-15-5-7-16(26-2)8-6-15)10-9-18-22(25)20(28-23(14)18)13-17-4-3-11-29-17/h3-11,13H,12H2,1-2H3/b20-13-. The zero-order valence-electron chi connectivity index (χ0n) is 15.9. The summed E-state index contributed by atoms with van der Waals surface area (Å²) in [7, 11) is 1.59. The van der Waals surface area contributed by atoms with Crippen LogP contribution in [0.4, 0.5) is 0 Å². The second kappa shape index (κ2) is 7.93. The zero-order valence-corrected chi connectivity index (χ0v) is 16.7. The van der Waals surface area contributed by atoms with Gasteiger partial charge in [0.1, 0.15) is 17.2 Å². The molecule has 2 aromatic carbocycles. The summed E-state index contributed by atoms with van der Waals surface area (Å²) in [4.78, 5) is 25.9. The number of benzene rings is 2. The van der Waals surface area contributed by atoms with E-state index >= 15 is 0 Å². The fourth-order valence-electron chi connectivity index (χ4n) is 3.05. The van der Waals surface area contributed by atoms with Gasteiger partial charge in [-0.3, -0.25) is 9.59 Å². The van der Waals surface area contributed by atoms with Crippen molar-refractivity contribution in [2.24, 2.45) is 0 Å². The van der Waals surface area contributed by atoms with Gasteiger partial charge in [-0.25, -0.2) is 0 Å². The Morgan fingerprint density at radius 3 is 2.62 bits per heavy atom. The van der Waals surface area contributed by atoms with Crippen molar-refractivity contribution >= 4 is 29.2 Å². The summed E-state index contributed by atoms with van der Waals surface area (Å²) in [6.45, 7) is 1.77. The van der Waals surface area contributed by atoms with Crippen LogP contribution in [-0.4, -0.2) is 18.9 Å². The Hall–Kier alpha value is -3.38. The first kappa shape index (κ1) is 19.0. The number of hydrogen-bond acceptors (Lipinski definition) is 6. The number of Topliss-reactive ketones (excluding diaryl/α,β-unsaturated/α-hetero) is 1. The van der Waals surface area contributed by atoms with E-state index in [0.717, 1.165) is 16.2 Å². The Labute approximate surface area is 172 Å². The maximum atomic E-state index is 12.6. The van der Waals surface area contributed by atoms with Crippen molar-refractivity contribution < 1.29 is 23.8 Å². The lowest BCUT2D eigenvalue weighted by Crippen LogP contribution is -2.12. The maximum Gasteiger partial charge on any atom is 0.315 e. The highest BCUT2D eigenvalue weighted by Gasteiger charge is 2.30. The molecule has 6 heteroatoms. The van der Waals surface area contributed by atoms with Crippen LogP contribution in [0.1, 0.15) is 26.4 Å². The molecule has 3 aromatic rings. The average Bonchev–Trinajstić information content (AvgIpc) is 3.34. The molecule has 5 nitrogen and oxygen atoms in total. The molecular weight excluding hydrogens is 388 g/mol. The molecule has 0 aliphatic carbocycles. The van der Waals surface area contributed by atoms with Crippen LogP contribution in [0.2, 0.25) is 0 Å². The van der Waals surface area contributed by atoms with Gasteiger partial charge in [-0.05, 0) is 48.2 Å². The molecule has 0 saturated heterocycles. The molecule has 1 aliphatic heterocycles. The number of fused-ring (bicyclic) bond motifs is 1. The molecule has 0 fully saturated rings. The van der Waals surface area contributed by atoms with E-state index in [1.807, 2.05) is 29.6 Å². The van der Waals surface area contributed by atoms with Gasteiger partial charge >= 0.3 is 5.97 Å². The van der Waals surface area contributed by atoms with E-state index in [1.165, 1.54) is 11.3 Å². The maximum absolute atomic E-state index is 12.6. The van der Waals surface area contributed by atoms with E-state index in [0.29, 0.717) is 22.6 Å². The fourth-order valence-corrected chi connectivity index (χ4v) is 3.70. The summed E-state index contributed by atoms with van der Waals surface area (Å²) in [6, 6.07) is 14.3. The van der Waals surface area contributed by atoms with E-state index in [9.17, 15) is 9.59 Å². The lowest BCUT2D eigenvalue weighted by atomic mass is 10.1. The van der Waals surface area contributed by atoms with E-state index in [1.54, 1.807) is 44.4 Å². The van der Waals surface area contributed by atoms with Gasteiger partial charge in [-0.15, -0.1) is 11.3 Å². The van der Waals surface area contributed by atoms with Crippen molar-refractivity contribution in [1.82, 2.24) is 0 Å². The van der Waals surface area contributed by atoms with Gasteiger partial charge in [0.15, 0.2) is 5.76 Å². The van der Waals surface area contributed by atoms with E-state index in [2.05, 4.69) is 0 Å². The molecule has 0 amide bonds. The Morgan fingerprint density at radius 1 is 1.14 bits per heavy atom. The van der Waals surface area contributed by atoms with Gasteiger partial charge in [-0.2, -0.15) is 0 Å². The molecule has 0 saturated carbocycles. The van der Waals surface area contributed by atoms with Crippen molar-refractivity contribution in [3.63, 3.8) is 0 Å². The van der Waals surface area contributed by atoms with Gasteiger partial charge in [-0.1, -0.05) is 18.2 Å². The van der Waals surface area contributed by atoms with Crippen molar-refractivity contribution in [2.45, 2.75) is 13.3 Å². The van der Waals surface area contributed by atoms with Crippen LogP contribution in [0.15, 0.2) is 59.7 Å². The molecule has 0 N–H and O–H groups in total. The number of ether oxygens (including phenoxy) is 3. The molecule has 4 rings (SSSR count). The minimum absolute atomic E-state index is 0.129. The van der Waals surface area contributed by atoms with E-state index < -0.39 is 5.97 Å². The molecule has 2 heterocycles. The summed E-state index contributed by atoms with van der Waals surface area (Å²) >= 11 is 1.52. The molecule has 29 heavy (non-hydrogen) atoms. The van der Waals surface area contributed by atoms with Crippen LogP contribution in [0, 0.1) is 6.92 Å². The number of carbonyl (C=O) groups excluding carboxylic acids is 2. The van der Waals surface area contributed by atoms with Crippen LogP contribution in [0.3, 0.4) is 0 Å². The number of allylic oxidation sites excluding steroid dienone is 1. The van der Waals surface area contributed by atoms with Gasteiger partial charge in [0.25, 0.3) is 0 Å². The van der Waals surface area contributed by atoms with Gasteiger partial charge < -0.3 is 14.2 Å². The molecule has 1 aliphatic rings. The highest BCUT2D eigenvalue weighted by molar-refractivity contribution is 7.10. The van der Waals surface area contributed by atoms with E-state index in [4.69, 9.17) is 14.2 Å². The minimum Gasteiger partial charge on any atom is -0.497 e. The summed E-state index contributed by atoms with van der Waals surface area (Å²) in [6.07, 6.45) is 1.85. The molecule has 0 atom stereocenters. The monoisotopic (exact) mass is 406 g/mol.